The van der Waals surface area contributed by atoms with Crippen LogP contribution in [0.2, 0.25) is 5.02 Å². The van der Waals surface area contributed by atoms with E-state index in [0.717, 1.165) is 6.42 Å². The lowest BCUT2D eigenvalue weighted by Gasteiger charge is -2.14. The number of rotatable bonds is 3. The third-order valence-corrected chi connectivity index (χ3v) is 3.14. The van der Waals surface area contributed by atoms with Crippen LogP contribution in [-0.2, 0) is 0 Å². The highest BCUT2D eigenvalue weighted by atomic mass is 35.5. The highest BCUT2D eigenvalue weighted by Gasteiger charge is 2.26. The number of hydrogen-bond acceptors (Lipinski definition) is 2. The van der Waals surface area contributed by atoms with Gasteiger partial charge in [-0.2, -0.15) is 0 Å². The Morgan fingerprint density at radius 3 is 2.69 bits per heavy atom. The number of benzene rings is 1. The minimum absolute atomic E-state index is 0. The second kappa shape index (κ2) is 5.21. The maximum Gasteiger partial charge on any atom is 0.145 e. The molecule has 1 fully saturated rings. The van der Waals surface area contributed by atoms with Crippen molar-refractivity contribution >= 4 is 24.0 Å². The Labute approximate surface area is 105 Å². The van der Waals surface area contributed by atoms with Gasteiger partial charge in [0.15, 0.2) is 0 Å². The van der Waals surface area contributed by atoms with Gasteiger partial charge in [0.25, 0.3) is 0 Å². The number of aromatic hydroxyl groups is 1. The summed E-state index contributed by atoms with van der Waals surface area (Å²) in [6.07, 6.45) is 3.22. The maximum atomic E-state index is 13.0. The van der Waals surface area contributed by atoms with Gasteiger partial charge in [0.05, 0.1) is 0 Å². The van der Waals surface area contributed by atoms with Gasteiger partial charge >= 0.3 is 0 Å². The molecule has 2 nitrogen and oxygen atoms in total. The van der Waals surface area contributed by atoms with Crippen LogP contribution in [0, 0.1) is 11.7 Å². The molecule has 1 aromatic rings. The molecule has 0 saturated heterocycles. The molecule has 0 aliphatic heterocycles. The molecule has 0 radical (unpaired) electrons. The van der Waals surface area contributed by atoms with Crippen molar-refractivity contribution in [3.63, 3.8) is 0 Å². The van der Waals surface area contributed by atoms with Crippen LogP contribution in [-0.4, -0.2) is 5.11 Å². The number of phenolic OH excluding ortho intramolecular Hbond substituents is 1. The molecular weight excluding hydrogens is 252 g/mol. The van der Waals surface area contributed by atoms with E-state index in [1.807, 2.05) is 0 Å². The predicted octanol–water partition coefficient (Wildman–Crippen LogP) is 3.41. The van der Waals surface area contributed by atoms with Crippen molar-refractivity contribution in [2.75, 3.05) is 0 Å². The minimum Gasteiger partial charge on any atom is -0.506 e. The molecule has 0 bridgehead atoms. The van der Waals surface area contributed by atoms with E-state index in [2.05, 4.69) is 0 Å². The number of hydrogen-bond donors (Lipinski definition) is 2. The molecule has 5 heteroatoms. The van der Waals surface area contributed by atoms with Crippen molar-refractivity contribution in [1.29, 1.82) is 0 Å². The Morgan fingerprint density at radius 1 is 1.50 bits per heavy atom. The second-order valence-electron chi connectivity index (χ2n) is 4.08. The van der Waals surface area contributed by atoms with Crippen LogP contribution in [0.25, 0.3) is 0 Å². The fourth-order valence-electron chi connectivity index (χ4n) is 1.69. The Hall–Kier alpha value is -0.510. The summed E-state index contributed by atoms with van der Waals surface area (Å²) in [4.78, 5) is 0. The molecule has 0 aromatic heterocycles. The standard InChI is InChI=1S/C11H13ClFNO.ClH/c12-10-8(13)4-3-7(11(10)15)9(14)5-6-1-2-6;/h3-4,6,9,15H,1-2,5,14H2;1H/t9-;/m0./s1. The van der Waals surface area contributed by atoms with E-state index in [1.54, 1.807) is 0 Å². The van der Waals surface area contributed by atoms with Gasteiger partial charge in [-0.25, -0.2) is 4.39 Å². The third kappa shape index (κ3) is 2.78. The molecule has 1 aromatic carbocycles. The normalized spacial score (nSPS) is 16.7. The van der Waals surface area contributed by atoms with Crippen molar-refractivity contribution in [1.82, 2.24) is 0 Å². The first-order valence-corrected chi connectivity index (χ1v) is 5.40. The first-order valence-electron chi connectivity index (χ1n) is 5.02. The van der Waals surface area contributed by atoms with Gasteiger partial charge in [-0.05, 0) is 18.4 Å². The van der Waals surface area contributed by atoms with Gasteiger partial charge in [0.1, 0.15) is 16.6 Å². The molecule has 0 amide bonds. The SMILES string of the molecule is Cl.N[C@@H](CC1CC1)c1ccc(F)c(Cl)c1O. The van der Waals surface area contributed by atoms with E-state index in [1.165, 1.54) is 25.0 Å². The molecule has 1 saturated carbocycles. The minimum atomic E-state index is -0.614. The van der Waals surface area contributed by atoms with E-state index in [0.29, 0.717) is 11.5 Å². The van der Waals surface area contributed by atoms with Gasteiger partial charge in [-0.15, -0.1) is 12.4 Å². The monoisotopic (exact) mass is 265 g/mol. The smallest absolute Gasteiger partial charge is 0.145 e. The molecule has 1 aliphatic rings. The first kappa shape index (κ1) is 13.6. The van der Waals surface area contributed by atoms with E-state index in [4.69, 9.17) is 17.3 Å². The third-order valence-electron chi connectivity index (χ3n) is 2.78. The lowest BCUT2D eigenvalue weighted by molar-refractivity contribution is 0.450. The van der Waals surface area contributed by atoms with Crippen LogP contribution in [0.3, 0.4) is 0 Å². The summed E-state index contributed by atoms with van der Waals surface area (Å²) in [7, 11) is 0. The zero-order chi connectivity index (χ0) is 11.0. The van der Waals surface area contributed by atoms with Crippen LogP contribution in [0.1, 0.15) is 30.9 Å². The van der Waals surface area contributed by atoms with Crippen LogP contribution in [0.4, 0.5) is 4.39 Å². The van der Waals surface area contributed by atoms with Gasteiger partial charge in [-0.3, -0.25) is 0 Å². The van der Waals surface area contributed by atoms with Crippen molar-refractivity contribution in [2.24, 2.45) is 11.7 Å². The number of halogens is 3. The predicted molar refractivity (Wildman–Crippen MR) is 64.6 cm³/mol. The first-order chi connectivity index (χ1) is 7.09. The van der Waals surface area contributed by atoms with Crippen LogP contribution < -0.4 is 5.73 Å². The van der Waals surface area contributed by atoms with Crippen molar-refractivity contribution in [2.45, 2.75) is 25.3 Å². The van der Waals surface area contributed by atoms with Crippen molar-refractivity contribution in [3.8, 4) is 5.75 Å². The van der Waals surface area contributed by atoms with E-state index in [-0.39, 0.29) is 29.2 Å². The van der Waals surface area contributed by atoms with Gasteiger partial charge in [-0.1, -0.05) is 30.5 Å². The van der Waals surface area contributed by atoms with Gasteiger partial charge in [0, 0.05) is 11.6 Å². The lowest BCUT2D eigenvalue weighted by Crippen LogP contribution is -2.11. The van der Waals surface area contributed by atoms with E-state index < -0.39 is 5.82 Å². The fourth-order valence-corrected chi connectivity index (χ4v) is 1.87. The Morgan fingerprint density at radius 2 is 2.12 bits per heavy atom. The fraction of sp³-hybridized carbons (Fsp3) is 0.455. The topological polar surface area (TPSA) is 46.2 Å². The average Bonchev–Trinajstić information content (AvgIpc) is 2.98. The quantitative estimate of drug-likeness (QED) is 0.880. The molecule has 1 atom stereocenters. The summed E-state index contributed by atoms with van der Waals surface area (Å²) in [6.45, 7) is 0. The molecule has 1 aliphatic carbocycles. The van der Waals surface area contributed by atoms with Gasteiger partial charge in [0.2, 0.25) is 0 Å². The molecule has 16 heavy (non-hydrogen) atoms. The average molecular weight is 266 g/mol. The molecular formula is C11H14Cl2FNO. The summed E-state index contributed by atoms with van der Waals surface area (Å²) in [5, 5.41) is 9.39. The molecule has 0 spiro atoms. The largest absolute Gasteiger partial charge is 0.506 e. The summed E-state index contributed by atoms with van der Waals surface area (Å²) in [5.41, 5.74) is 6.45. The van der Waals surface area contributed by atoms with Crippen LogP contribution in [0.5, 0.6) is 5.75 Å². The summed E-state index contributed by atoms with van der Waals surface area (Å²) < 4.78 is 13.0. The van der Waals surface area contributed by atoms with Crippen molar-refractivity contribution < 1.29 is 9.50 Å². The zero-order valence-electron chi connectivity index (χ0n) is 8.62. The highest BCUT2D eigenvalue weighted by molar-refractivity contribution is 6.32. The van der Waals surface area contributed by atoms with Gasteiger partial charge < -0.3 is 10.8 Å². The maximum absolute atomic E-state index is 13.0. The molecule has 0 heterocycles. The summed E-state index contributed by atoms with van der Waals surface area (Å²) >= 11 is 5.60. The van der Waals surface area contributed by atoms with E-state index >= 15 is 0 Å². The second-order valence-corrected chi connectivity index (χ2v) is 4.46. The Kier molecular flexibility index (Phi) is 4.42. The molecule has 3 N–H and O–H groups in total. The summed E-state index contributed by atoms with van der Waals surface area (Å²) in [5.74, 6) is -0.176. The highest BCUT2D eigenvalue weighted by Crippen LogP contribution is 2.40. The number of phenols is 1. The Bertz CT molecular complexity index is 382. The van der Waals surface area contributed by atoms with Crippen LogP contribution >= 0.6 is 24.0 Å². The molecule has 0 unspecified atom stereocenters. The van der Waals surface area contributed by atoms with Crippen molar-refractivity contribution in [3.05, 3.63) is 28.5 Å². The molecule has 2 rings (SSSR count). The Balaban J connectivity index is 0.00000128. The number of nitrogens with two attached hydrogens (primary N) is 1. The molecule has 90 valence electrons. The van der Waals surface area contributed by atoms with Crippen LogP contribution in [0.15, 0.2) is 12.1 Å². The summed E-state index contributed by atoms with van der Waals surface area (Å²) in [6, 6.07) is 2.49. The zero-order valence-corrected chi connectivity index (χ0v) is 10.2. The lowest BCUT2D eigenvalue weighted by atomic mass is 10.0. The van der Waals surface area contributed by atoms with E-state index in [9.17, 15) is 9.50 Å².